The molecule has 0 spiro atoms. The molecule has 0 aliphatic carbocycles. The van der Waals surface area contributed by atoms with E-state index in [1.807, 2.05) is 30.3 Å². The van der Waals surface area contributed by atoms with E-state index in [1.165, 1.54) is 6.26 Å². The van der Waals surface area contributed by atoms with Crippen molar-refractivity contribution in [2.24, 2.45) is 0 Å². The van der Waals surface area contributed by atoms with Crippen LogP contribution in [0.2, 0.25) is 0 Å². The van der Waals surface area contributed by atoms with Crippen LogP contribution in [-0.2, 0) is 9.84 Å². The summed E-state index contributed by atoms with van der Waals surface area (Å²) in [7, 11) is -3.37. The minimum atomic E-state index is -3.37. The highest BCUT2D eigenvalue weighted by molar-refractivity contribution is 7.91. The fraction of sp³-hybridized carbons (Fsp3) is 0.0588. The van der Waals surface area contributed by atoms with Crippen molar-refractivity contribution in [1.29, 1.82) is 0 Å². The minimum absolute atomic E-state index is 0.255. The first-order chi connectivity index (χ1) is 11.5. The molecule has 0 atom stereocenters. The van der Waals surface area contributed by atoms with Crippen LogP contribution in [-0.4, -0.2) is 29.9 Å². The van der Waals surface area contributed by atoms with Gasteiger partial charge in [-0.2, -0.15) is 5.10 Å². The smallest absolute Gasteiger partial charge is 0.176 e. The van der Waals surface area contributed by atoms with Crippen LogP contribution < -0.4 is 5.32 Å². The number of H-pyrrole nitrogens is 1. The Kier molecular flexibility index (Phi) is 3.24. The molecule has 0 radical (unpaired) electrons. The second-order valence-electron chi connectivity index (χ2n) is 5.53. The van der Waals surface area contributed by atoms with Gasteiger partial charge in [0.05, 0.1) is 16.6 Å². The van der Waals surface area contributed by atoms with Gasteiger partial charge in [0.1, 0.15) is 5.52 Å². The van der Waals surface area contributed by atoms with Crippen LogP contribution in [0.15, 0.2) is 59.6 Å². The summed E-state index contributed by atoms with van der Waals surface area (Å²) in [5.41, 5.74) is 2.16. The number of hydrogen-bond donors (Lipinski definition) is 2. The van der Waals surface area contributed by atoms with E-state index in [9.17, 15) is 8.42 Å². The lowest BCUT2D eigenvalue weighted by molar-refractivity contribution is 0.602. The predicted octanol–water partition coefficient (Wildman–Crippen LogP) is 3.26. The Bertz CT molecular complexity index is 1150. The second kappa shape index (κ2) is 5.31. The molecule has 2 aromatic heterocycles. The van der Waals surface area contributed by atoms with E-state index in [4.69, 9.17) is 0 Å². The van der Waals surface area contributed by atoms with Crippen molar-refractivity contribution < 1.29 is 8.42 Å². The lowest BCUT2D eigenvalue weighted by Crippen LogP contribution is -2.01. The number of pyridine rings is 1. The number of nitrogens with zero attached hydrogens (tertiary/aromatic N) is 2. The van der Waals surface area contributed by atoms with Crippen molar-refractivity contribution in [1.82, 2.24) is 15.2 Å². The largest absolute Gasteiger partial charge is 0.338 e. The number of sulfone groups is 1. The molecule has 7 heteroatoms. The summed E-state index contributed by atoms with van der Waals surface area (Å²) in [4.78, 5) is 4.85. The molecular weight excluding hydrogens is 324 g/mol. The van der Waals surface area contributed by atoms with Crippen molar-refractivity contribution in [2.75, 3.05) is 11.6 Å². The fourth-order valence-electron chi connectivity index (χ4n) is 2.77. The Morgan fingerprint density at radius 2 is 1.83 bits per heavy atom. The zero-order valence-electron chi connectivity index (χ0n) is 12.8. The number of hydrogen-bond acceptors (Lipinski definition) is 5. The van der Waals surface area contributed by atoms with Crippen LogP contribution in [0, 0.1) is 0 Å². The summed E-state index contributed by atoms with van der Waals surface area (Å²) >= 11 is 0. The Morgan fingerprint density at radius 1 is 1.04 bits per heavy atom. The number of fused-ring (bicyclic) bond motifs is 3. The standard InChI is InChI=1S/C17H14N4O2S/c1-24(22,23)14-9-5-8-13-15(14)12-10-18-21-16(12)17(20-13)19-11-6-3-2-4-7-11/h2-10H,1H3,(H,18,21)(H,19,20). The van der Waals surface area contributed by atoms with Crippen LogP contribution in [0.25, 0.3) is 21.8 Å². The lowest BCUT2D eigenvalue weighted by Gasteiger charge is -2.10. The van der Waals surface area contributed by atoms with Crippen molar-refractivity contribution in [2.45, 2.75) is 4.90 Å². The molecule has 24 heavy (non-hydrogen) atoms. The molecule has 2 N–H and O–H groups in total. The highest BCUT2D eigenvalue weighted by atomic mass is 32.2. The Hall–Kier alpha value is -2.93. The highest BCUT2D eigenvalue weighted by Crippen LogP contribution is 2.33. The molecule has 0 bridgehead atoms. The molecule has 0 aliphatic rings. The van der Waals surface area contributed by atoms with E-state index in [0.717, 1.165) is 11.1 Å². The molecule has 4 rings (SSSR count). The van der Waals surface area contributed by atoms with Crippen LogP contribution in [0.4, 0.5) is 11.5 Å². The predicted molar refractivity (Wildman–Crippen MR) is 94.2 cm³/mol. The van der Waals surface area contributed by atoms with Crippen molar-refractivity contribution >= 4 is 43.1 Å². The molecular formula is C17H14N4O2S. The number of rotatable bonds is 3. The van der Waals surface area contributed by atoms with Gasteiger partial charge in [0.15, 0.2) is 15.7 Å². The first-order valence-corrected chi connectivity index (χ1v) is 9.21. The van der Waals surface area contributed by atoms with Gasteiger partial charge in [-0.05, 0) is 24.3 Å². The highest BCUT2D eigenvalue weighted by Gasteiger charge is 2.18. The topological polar surface area (TPSA) is 87.7 Å². The first-order valence-electron chi connectivity index (χ1n) is 7.32. The van der Waals surface area contributed by atoms with E-state index in [2.05, 4.69) is 20.5 Å². The summed E-state index contributed by atoms with van der Waals surface area (Å²) < 4.78 is 24.2. The van der Waals surface area contributed by atoms with Gasteiger partial charge < -0.3 is 5.32 Å². The van der Waals surface area contributed by atoms with Gasteiger partial charge in [-0.15, -0.1) is 0 Å². The van der Waals surface area contributed by atoms with Crippen LogP contribution >= 0.6 is 0 Å². The SMILES string of the molecule is CS(=O)(=O)c1cccc2nc(Nc3ccccc3)c3[nH]ncc3c12. The van der Waals surface area contributed by atoms with Gasteiger partial charge in [0.25, 0.3) is 0 Å². The normalized spacial score (nSPS) is 11.9. The van der Waals surface area contributed by atoms with Crippen LogP contribution in [0.3, 0.4) is 0 Å². The number of anilines is 2. The van der Waals surface area contributed by atoms with Gasteiger partial charge in [0, 0.05) is 22.7 Å². The van der Waals surface area contributed by atoms with E-state index < -0.39 is 9.84 Å². The van der Waals surface area contributed by atoms with E-state index in [1.54, 1.807) is 24.4 Å². The quantitative estimate of drug-likeness (QED) is 0.599. The fourth-order valence-corrected chi connectivity index (χ4v) is 3.68. The molecule has 0 saturated carbocycles. The zero-order chi connectivity index (χ0) is 16.7. The number of benzene rings is 2. The molecule has 2 aromatic carbocycles. The molecule has 120 valence electrons. The Balaban J connectivity index is 2.02. The van der Waals surface area contributed by atoms with Crippen molar-refractivity contribution in [3.8, 4) is 0 Å². The third-order valence-electron chi connectivity index (χ3n) is 3.82. The van der Waals surface area contributed by atoms with E-state index >= 15 is 0 Å². The number of aromatic amines is 1. The summed E-state index contributed by atoms with van der Waals surface area (Å²) in [6.45, 7) is 0. The number of aromatic nitrogens is 3. The second-order valence-corrected chi connectivity index (χ2v) is 7.52. The Morgan fingerprint density at radius 3 is 2.58 bits per heavy atom. The molecule has 0 aliphatic heterocycles. The first kappa shape index (κ1) is 14.6. The van der Waals surface area contributed by atoms with Gasteiger partial charge in [0.2, 0.25) is 0 Å². The molecule has 0 fully saturated rings. The minimum Gasteiger partial charge on any atom is -0.338 e. The zero-order valence-corrected chi connectivity index (χ0v) is 13.6. The van der Waals surface area contributed by atoms with Crippen molar-refractivity contribution in [3.63, 3.8) is 0 Å². The van der Waals surface area contributed by atoms with Gasteiger partial charge >= 0.3 is 0 Å². The lowest BCUT2D eigenvalue weighted by atomic mass is 10.1. The molecule has 0 unspecified atom stereocenters. The van der Waals surface area contributed by atoms with Gasteiger partial charge in [-0.25, -0.2) is 13.4 Å². The summed E-state index contributed by atoms with van der Waals surface area (Å²) in [6, 6.07) is 14.7. The average Bonchev–Trinajstić information content (AvgIpc) is 3.04. The van der Waals surface area contributed by atoms with Gasteiger partial charge in [-0.3, -0.25) is 5.10 Å². The number of nitrogens with one attached hydrogen (secondary N) is 2. The van der Waals surface area contributed by atoms with E-state index in [-0.39, 0.29) is 4.90 Å². The molecule has 0 saturated heterocycles. The third kappa shape index (κ3) is 2.39. The summed E-state index contributed by atoms with van der Waals surface area (Å²) in [6.07, 6.45) is 2.83. The summed E-state index contributed by atoms with van der Waals surface area (Å²) in [5.74, 6) is 0.604. The maximum Gasteiger partial charge on any atom is 0.176 e. The van der Waals surface area contributed by atoms with Crippen LogP contribution in [0.5, 0.6) is 0 Å². The maximum atomic E-state index is 12.1. The molecule has 6 nitrogen and oxygen atoms in total. The monoisotopic (exact) mass is 338 g/mol. The molecule has 2 heterocycles. The maximum absolute atomic E-state index is 12.1. The Labute approximate surface area is 138 Å². The summed E-state index contributed by atoms with van der Waals surface area (Å²) in [5, 5.41) is 11.5. The van der Waals surface area contributed by atoms with Crippen molar-refractivity contribution in [3.05, 3.63) is 54.7 Å². The molecule has 0 amide bonds. The number of para-hydroxylation sites is 1. The average molecular weight is 338 g/mol. The van der Waals surface area contributed by atoms with Gasteiger partial charge in [-0.1, -0.05) is 24.3 Å². The van der Waals surface area contributed by atoms with Crippen LogP contribution in [0.1, 0.15) is 0 Å². The van der Waals surface area contributed by atoms with E-state index in [0.29, 0.717) is 22.2 Å². The third-order valence-corrected chi connectivity index (χ3v) is 4.96. The molecule has 4 aromatic rings.